The normalized spacial score (nSPS) is 12.1. The number of ether oxygens (including phenoxy) is 1. The lowest BCUT2D eigenvalue weighted by atomic mass is 10.1. The topological polar surface area (TPSA) is 76.4 Å². The van der Waals surface area contributed by atoms with Gasteiger partial charge in [0.2, 0.25) is 0 Å². The van der Waals surface area contributed by atoms with E-state index in [1.165, 1.54) is 0 Å². The second kappa shape index (κ2) is 11.3. The zero-order valence-electron chi connectivity index (χ0n) is 17.6. The molecule has 1 aromatic heterocycles. The molecule has 2 aromatic carbocycles. The van der Waals surface area contributed by atoms with Crippen LogP contribution in [0.15, 0.2) is 65.9 Å². The molecule has 1 heterocycles. The average Bonchev–Trinajstić information content (AvgIpc) is 3.25. The fraction of sp³-hybridized carbons (Fsp3) is 0.318. The number of para-hydroxylation sites is 1. The molecule has 10 heteroatoms. The van der Waals surface area contributed by atoms with E-state index in [1.807, 2.05) is 54.0 Å². The molecule has 0 saturated carbocycles. The quantitative estimate of drug-likeness (QED) is 0.388. The molecule has 0 fully saturated rings. The summed E-state index contributed by atoms with van der Waals surface area (Å²) < 4.78 is 43.1. The maximum atomic E-state index is 12.2. The van der Waals surface area contributed by atoms with Crippen molar-refractivity contribution < 1.29 is 17.9 Å². The lowest BCUT2D eigenvalue weighted by Gasteiger charge is -2.12. The molecule has 0 aliphatic carbocycles. The first-order valence-corrected chi connectivity index (χ1v) is 10.1. The van der Waals surface area contributed by atoms with Crippen LogP contribution in [0.3, 0.4) is 0 Å². The van der Waals surface area contributed by atoms with Crippen molar-refractivity contribution in [2.45, 2.75) is 32.8 Å². The van der Waals surface area contributed by atoms with Crippen molar-refractivity contribution in [2.75, 3.05) is 13.2 Å². The highest BCUT2D eigenvalue weighted by atomic mass is 19.4. The predicted octanol–water partition coefficient (Wildman–Crippen LogP) is 3.60. The van der Waals surface area contributed by atoms with Gasteiger partial charge in [-0.2, -0.15) is 13.2 Å². The highest BCUT2D eigenvalue weighted by Crippen LogP contribution is 2.16. The van der Waals surface area contributed by atoms with E-state index >= 15 is 0 Å². The summed E-state index contributed by atoms with van der Waals surface area (Å²) in [7, 11) is 0. The van der Waals surface area contributed by atoms with E-state index in [-0.39, 0.29) is 6.61 Å². The molecule has 3 rings (SSSR count). The first-order valence-electron chi connectivity index (χ1n) is 10.1. The lowest BCUT2D eigenvalue weighted by Crippen LogP contribution is -2.37. The van der Waals surface area contributed by atoms with Gasteiger partial charge in [0.05, 0.1) is 19.7 Å². The number of benzene rings is 2. The van der Waals surface area contributed by atoms with Crippen LogP contribution in [0, 0.1) is 0 Å². The minimum absolute atomic E-state index is 0.0879. The monoisotopic (exact) mass is 446 g/mol. The zero-order valence-corrected chi connectivity index (χ0v) is 17.6. The van der Waals surface area contributed by atoms with Gasteiger partial charge in [0.1, 0.15) is 12.9 Å². The summed E-state index contributed by atoms with van der Waals surface area (Å²) in [6, 6.07) is 16.9. The third-order valence-corrected chi connectivity index (χ3v) is 4.39. The average molecular weight is 446 g/mol. The van der Waals surface area contributed by atoms with Gasteiger partial charge in [0, 0.05) is 12.2 Å². The Balaban J connectivity index is 1.56. The van der Waals surface area contributed by atoms with Crippen molar-refractivity contribution in [3.05, 3.63) is 77.9 Å². The van der Waals surface area contributed by atoms with Crippen molar-refractivity contribution in [2.24, 2.45) is 4.99 Å². The number of hydrogen-bond acceptors (Lipinski definition) is 4. The minimum atomic E-state index is -4.32. The molecule has 0 aliphatic heterocycles. The summed E-state index contributed by atoms with van der Waals surface area (Å²) in [5.74, 6) is 1.36. The van der Waals surface area contributed by atoms with E-state index in [4.69, 9.17) is 0 Å². The van der Waals surface area contributed by atoms with Gasteiger partial charge in [-0.1, -0.05) is 42.5 Å². The predicted molar refractivity (Wildman–Crippen MR) is 115 cm³/mol. The first-order chi connectivity index (χ1) is 15.4. The van der Waals surface area contributed by atoms with Crippen LogP contribution in [-0.4, -0.2) is 40.1 Å². The van der Waals surface area contributed by atoms with Crippen LogP contribution in [0.4, 0.5) is 13.2 Å². The van der Waals surface area contributed by atoms with E-state index in [1.54, 1.807) is 18.5 Å². The summed E-state index contributed by atoms with van der Waals surface area (Å²) in [6.45, 7) is 2.15. The highest BCUT2D eigenvalue weighted by molar-refractivity contribution is 5.79. The largest absolute Gasteiger partial charge is 0.411 e. The standard InChI is InChI=1S/C22H25F3N6O/c1-2-26-21(28-13-20-30-29-16-31(20)19-6-4-3-5-7-19)27-12-17-8-10-18(11-9-17)14-32-15-22(23,24)25/h3-11,16H,2,12-15H2,1H3,(H2,26,27,28). The number of aromatic nitrogens is 3. The second-order valence-electron chi connectivity index (χ2n) is 6.93. The summed E-state index contributed by atoms with van der Waals surface area (Å²) in [5, 5.41) is 14.6. The molecule has 170 valence electrons. The Morgan fingerprint density at radius 1 is 1.03 bits per heavy atom. The smallest absolute Gasteiger partial charge is 0.367 e. The van der Waals surface area contributed by atoms with Crippen molar-refractivity contribution in [1.82, 2.24) is 25.4 Å². The number of aliphatic imine (C=N–C) groups is 1. The van der Waals surface area contributed by atoms with Crippen LogP contribution in [0.1, 0.15) is 23.9 Å². The molecule has 0 radical (unpaired) electrons. The van der Waals surface area contributed by atoms with Gasteiger partial charge < -0.3 is 15.4 Å². The highest BCUT2D eigenvalue weighted by Gasteiger charge is 2.27. The summed E-state index contributed by atoms with van der Waals surface area (Å²) in [4.78, 5) is 4.57. The molecule has 0 amide bonds. The molecule has 0 saturated heterocycles. The van der Waals surface area contributed by atoms with E-state index in [0.717, 1.165) is 17.1 Å². The van der Waals surface area contributed by atoms with Crippen LogP contribution in [0.2, 0.25) is 0 Å². The number of halogens is 3. The van der Waals surface area contributed by atoms with Crippen LogP contribution in [0.5, 0.6) is 0 Å². The van der Waals surface area contributed by atoms with E-state index in [2.05, 4.69) is 30.6 Å². The Morgan fingerprint density at radius 3 is 2.44 bits per heavy atom. The fourth-order valence-electron chi connectivity index (χ4n) is 2.88. The molecular formula is C22H25F3N6O. The van der Waals surface area contributed by atoms with Crippen molar-refractivity contribution in [3.63, 3.8) is 0 Å². The Labute approximate surface area is 184 Å². The number of hydrogen-bond donors (Lipinski definition) is 2. The number of nitrogens with one attached hydrogen (secondary N) is 2. The molecule has 7 nitrogen and oxygen atoms in total. The van der Waals surface area contributed by atoms with Gasteiger partial charge in [-0.05, 0) is 30.2 Å². The molecular weight excluding hydrogens is 421 g/mol. The summed E-state index contributed by atoms with van der Waals surface area (Å²) in [5.41, 5.74) is 2.57. The Bertz CT molecular complexity index is 987. The fourth-order valence-corrected chi connectivity index (χ4v) is 2.88. The van der Waals surface area contributed by atoms with E-state index in [0.29, 0.717) is 31.2 Å². The van der Waals surface area contributed by atoms with Gasteiger partial charge in [-0.3, -0.25) is 4.57 Å². The van der Waals surface area contributed by atoms with Gasteiger partial charge in [0.25, 0.3) is 0 Å². The molecule has 0 spiro atoms. The summed E-state index contributed by atoms with van der Waals surface area (Å²) in [6.07, 6.45) is -2.66. The van der Waals surface area contributed by atoms with E-state index < -0.39 is 12.8 Å². The Hall–Kier alpha value is -3.40. The van der Waals surface area contributed by atoms with Crippen LogP contribution >= 0.6 is 0 Å². The van der Waals surface area contributed by atoms with E-state index in [9.17, 15) is 13.2 Å². The Morgan fingerprint density at radius 2 is 1.75 bits per heavy atom. The van der Waals surface area contributed by atoms with Crippen LogP contribution in [0.25, 0.3) is 5.69 Å². The Kier molecular flexibility index (Phi) is 8.20. The third kappa shape index (κ3) is 7.38. The van der Waals surface area contributed by atoms with Gasteiger partial charge in [-0.15, -0.1) is 10.2 Å². The molecule has 2 N–H and O–H groups in total. The van der Waals surface area contributed by atoms with Gasteiger partial charge in [-0.25, -0.2) is 4.99 Å². The lowest BCUT2D eigenvalue weighted by molar-refractivity contribution is -0.176. The van der Waals surface area contributed by atoms with Crippen molar-refractivity contribution in [3.8, 4) is 5.69 Å². The maximum absolute atomic E-state index is 12.2. The molecule has 0 unspecified atom stereocenters. The number of guanidine groups is 1. The molecule has 3 aromatic rings. The number of alkyl halides is 3. The third-order valence-electron chi connectivity index (χ3n) is 4.39. The van der Waals surface area contributed by atoms with Crippen LogP contribution < -0.4 is 10.6 Å². The van der Waals surface area contributed by atoms with Crippen molar-refractivity contribution in [1.29, 1.82) is 0 Å². The molecule has 32 heavy (non-hydrogen) atoms. The number of rotatable bonds is 9. The zero-order chi connectivity index (χ0) is 22.8. The van der Waals surface area contributed by atoms with Gasteiger partial charge >= 0.3 is 6.18 Å². The molecule has 0 aliphatic rings. The minimum Gasteiger partial charge on any atom is -0.367 e. The molecule has 0 bridgehead atoms. The first kappa shape index (κ1) is 23.3. The maximum Gasteiger partial charge on any atom is 0.411 e. The summed E-state index contributed by atoms with van der Waals surface area (Å²) >= 11 is 0. The second-order valence-corrected chi connectivity index (χ2v) is 6.93. The molecule has 0 atom stereocenters. The SMILES string of the molecule is CCNC(=NCc1ccc(COCC(F)(F)F)cc1)NCc1nncn1-c1ccccc1. The van der Waals surface area contributed by atoms with Crippen molar-refractivity contribution >= 4 is 5.96 Å². The number of nitrogens with zero attached hydrogens (tertiary/aromatic N) is 4. The van der Waals surface area contributed by atoms with Crippen LogP contribution in [-0.2, 0) is 24.4 Å². The van der Waals surface area contributed by atoms with Gasteiger partial charge in [0.15, 0.2) is 11.8 Å².